The Morgan fingerprint density at radius 3 is 2.10 bits per heavy atom. The van der Waals surface area contributed by atoms with Gasteiger partial charge in [-0.3, -0.25) is 14.3 Å². The molecule has 1 atom stereocenters. The summed E-state index contributed by atoms with van der Waals surface area (Å²) in [7, 11) is -2.34. The predicted molar refractivity (Wildman–Crippen MR) is 188 cm³/mol. The lowest BCUT2D eigenvalue weighted by atomic mass is 10.0. The summed E-state index contributed by atoms with van der Waals surface area (Å²) < 4.78 is 44.5. The third kappa shape index (κ3) is 10.9. The van der Waals surface area contributed by atoms with E-state index in [1.807, 2.05) is 0 Å². The number of unbranched alkanes of at least 4 members (excludes halogenated alkanes) is 4. The summed E-state index contributed by atoms with van der Waals surface area (Å²) in [5.41, 5.74) is 1.54. The number of sulfonamides is 1. The molecule has 0 spiro atoms. The normalized spacial score (nSPS) is 11.7. The number of rotatable bonds is 18. The number of anilines is 1. The van der Waals surface area contributed by atoms with E-state index in [4.69, 9.17) is 14.2 Å². The standard InChI is InChI=1S/C38H42N2O8S/c1-4-5-6-7-11-24-47-32-21-17-30(18-22-32)38(43)48-35-23-14-28(26-36(35)46-3)25-34(27(2)41)39-37(42)29-15-19-31(20-16-29)40-49(44,45)33-12-9-8-10-13-33/h8-10,12-23,26,34,40H,4-7,11,24-25H2,1-3H3,(H,39,42). The number of hydrogen-bond donors (Lipinski definition) is 2. The molecule has 49 heavy (non-hydrogen) atoms. The Balaban J connectivity index is 1.33. The average Bonchev–Trinajstić information content (AvgIpc) is 3.10. The number of methoxy groups -OCH3 is 1. The van der Waals surface area contributed by atoms with E-state index in [2.05, 4.69) is 17.0 Å². The minimum Gasteiger partial charge on any atom is -0.494 e. The molecule has 0 heterocycles. The summed E-state index contributed by atoms with van der Waals surface area (Å²) in [6.07, 6.45) is 5.89. The van der Waals surface area contributed by atoms with Gasteiger partial charge in [0, 0.05) is 11.3 Å². The smallest absolute Gasteiger partial charge is 0.343 e. The van der Waals surface area contributed by atoms with Crippen LogP contribution in [-0.2, 0) is 21.2 Å². The summed E-state index contributed by atoms with van der Waals surface area (Å²) >= 11 is 0. The van der Waals surface area contributed by atoms with Gasteiger partial charge < -0.3 is 19.5 Å². The minimum atomic E-state index is -3.79. The Morgan fingerprint density at radius 1 is 0.776 bits per heavy atom. The molecular weight excluding hydrogens is 644 g/mol. The zero-order chi connectivity index (χ0) is 35.2. The highest BCUT2D eigenvalue weighted by Crippen LogP contribution is 2.30. The maximum atomic E-state index is 13.0. The molecule has 10 nitrogen and oxygen atoms in total. The van der Waals surface area contributed by atoms with Crippen molar-refractivity contribution in [3.63, 3.8) is 0 Å². The van der Waals surface area contributed by atoms with Crippen molar-refractivity contribution in [2.75, 3.05) is 18.4 Å². The fourth-order valence-corrected chi connectivity index (χ4v) is 6.02. The molecule has 0 aliphatic heterocycles. The van der Waals surface area contributed by atoms with Crippen LogP contribution in [-0.4, -0.2) is 45.8 Å². The topological polar surface area (TPSA) is 137 Å². The number of hydrogen-bond acceptors (Lipinski definition) is 8. The van der Waals surface area contributed by atoms with E-state index in [1.54, 1.807) is 60.7 Å². The number of nitrogens with one attached hydrogen (secondary N) is 2. The first-order valence-corrected chi connectivity index (χ1v) is 17.7. The summed E-state index contributed by atoms with van der Waals surface area (Å²) in [4.78, 5) is 38.5. The quantitative estimate of drug-likeness (QED) is 0.0649. The third-order valence-corrected chi connectivity index (χ3v) is 9.12. The lowest BCUT2D eigenvalue weighted by molar-refractivity contribution is -0.118. The zero-order valence-electron chi connectivity index (χ0n) is 27.9. The molecule has 0 aromatic heterocycles. The van der Waals surface area contributed by atoms with Gasteiger partial charge in [0.25, 0.3) is 15.9 Å². The lowest BCUT2D eigenvalue weighted by Crippen LogP contribution is -2.41. The second kappa shape index (κ2) is 17.8. The minimum absolute atomic E-state index is 0.114. The van der Waals surface area contributed by atoms with Crippen molar-refractivity contribution >= 4 is 33.4 Å². The molecule has 4 aromatic rings. The van der Waals surface area contributed by atoms with Crippen molar-refractivity contribution in [2.45, 2.75) is 63.3 Å². The molecule has 2 N–H and O–H groups in total. The average molecular weight is 687 g/mol. The maximum Gasteiger partial charge on any atom is 0.343 e. The summed E-state index contributed by atoms with van der Waals surface area (Å²) in [5.74, 6) is -0.155. The van der Waals surface area contributed by atoms with E-state index in [0.717, 1.165) is 12.8 Å². The first-order valence-electron chi connectivity index (χ1n) is 16.2. The van der Waals surface area contributed by atoms with Crippen LogP contribution in [0.15, 0.2) is 102 Å². The zero-order valence-corrected chi connectivity index (χ0v) is 28.8. The van der Waals surface area contributed by atoms with Gasteiger partial charge in [-0.05, 0) is 98.1 Å². The molecule has 0 fully saturated rings. The molecule has 0 aliphatic rings. The fourth-order valence-electron chi connectivity index (χ4n) is 4.94. The highest BCUT2D eigenvalue weighted by molar-refractivity contribution is 7.92. The van der Waals surface area contributed by atoms with Crippen molar-refractivity contribution in [1.82, 2.24) is 5.32 Å². The lowest BCUT2D eigenvalue weighted by Gasteiger charge is -2.18. The molecule has 1 amide bonds. The maximum absolute atomic E-state index is 13.0. The van der Waals surface area contributed by atoms with Crippen LogP contribution in [0, 0.1) is 0 Å². The molecule has 0 saturated carbocycles. The van der Waals surface area contributed by atoms with Crippen LogP contribution >= 0.6 is 0 Å². The summed E-state index contributed by atoms with van der Waals surface area (Å²) in [6, 6.07) is 24.6. The molecule has 1 unspecified atom stereocenters. The monoisotopic (exact) mass is 686 g/mol. The first-order chi connectivity index (χ1) is 23.6. The molecule has 4 rings (SSSR count). The summed E-state index contributed by atoms with van der Waals surface area (Å²) in [5, 5.41) is 2.75. The van der Waals surface area contributed by atoms with Gasteiger partial charge in [0.2, 0.25) is 0 Å². The molecule has 11 heteroatoms. The Labute approximate surface area is 287 Å². The van der Waals surface area contributed by atoms with Crippen molar-refractivity contribution in [3.05, 3.63) is 114 Å². The largest absolute Gasteiger partial charge is 0.494 e. The molecule has 0 bridgehead atoms. The van der Waals surface area contributed by atoms with Gasteiger partial charge in [-0.25, -0.2) is 13.2 Å². The van der Waals surface area contributed by atoms with E-state index in [0.29, 0.717) is 23.5 Å². The molecule has 0 aliphatic carbocycles. The van der Waals surface area contributed by atoms with Crippen molar-refractivity contribution < 1.29 is 37.0 Å². The van der Waals surface area contributed by atoms with Crippen LogP contribution in [0.5, 0.6) is 17.2 Å². The van der Waals surface area contributed by atoms with Crippen LogP contribution in [0.2, 0.25) is 0 Å². The van der Waals surface area contributed by atoms with E-state index in [9.17, 15) is 22.8 Å². The van der Waals surface area contributed by atoms with Gasteiger partial charge in [-0.15, -0.1) is 0 Å². The van der Waals surface area contributed by atoms with E-state index in [1.165, 1.54) is 69.7 Å². The van der Waals surface area contributed by atoms with Crippen LogP contribution in [0.3, 0.4) is 0 Å². The first kappa shape index (κ1) is 36.7. The van der Waals surface area contributed by atoms with Crippen molar-refractivity contribution in [3.8, 4) is 17.2 Å². The van der Waals surface area contributed by atoms with E-state index < -0.39 is 27.9 Å². The number of carbonyl (C=O) groups excluding carboxylic acids is 3. The molecule has 258 valence electrons. The third-order valence-electron chi connectivity index (χ3n) is 7.73. The van der Waals surface area contributed by atoms with E-state index >= 15 is 0 Å². The molecular formula is C38H42N2O8S. The summed E-state index contributed by atoms with van der Waals surface area (Å²) in [6.45, 7) is 4.18. The molecule has 0 radical (unpaired) electrons. The van der Waals surface area contributed by atoms with Crippen molar-refractivity contribution in [1.29, 1.82) is 0 Å². The van der Waals surface area contributed by atoms with Gasteiger partial charge >= 0.3 is 5.97 Å². The number of Topliss-reactive ketones (excluding diaryl/α,β-unsaturated/α-hetero) is 1. The van der Waals surface area contributed by atoms with Crippen LogP contribution < -0.4 is 24.2 Å². The number of ketones is 1. The van der Waals surface area contributed by atoms with E-state index in [-0.39, 0.29) is 39.8 Å². The molecule has 4 aromatic carbocycles. The number of esters is 1. The number of ether oxygens (including phenoxy) is 3. The predicted octanol–water partition coefficient (Wildman–Crippen LogP) is 6.99. The number of carbonyl (C=O) groups is 3. The van der Waals surface area contributed by atoms with Gasteiger partial charge in [0.05, 0.1) is 30.2 Å². The highest BCUT2D eigenvalue weighted by Gasteiger charge is 2.21. The Bertz CT molecular complexity index is 1810. The van der Waals surface area contributed by atoms with Gasteiger partial charge in [0.15, 0.2) is 17.3 Å². The second-order valence-electron chi connectivity index (χ2n) is 11.5. The van der Waals surface area contributed by atoms with Crippen LogP contribution in [0.4, 0.5) is 5.69 Å². The highest BCUT2D eigenvalue weighted by atomic mass is 32.2. The second-order valence-corrected chi connectivity index (χ2v) is 13.2. The number of benzene rings is 4. The Kier molecular flexibility index (Phi) is 13.4. The Morgan fingerprint density at radius 2 is 1.45 bits per heavy atom. The Hall–Kier alpha value is -5.16. The van der Waals surface area contributed by atoms with Crippen LogP contribution in [0.25, 0.3) is 0 Å². The van der Waals surface area contributed by atoms with Crippen molar-refractivity contribution in [2.24, 2.45) is 0 Å². The fraction of sp³-hybridized carbons (Fsp3) is 0.289. The van der Waals surface area contributed by atoms with Crippen LogP contribution in [0.1, 0.15) is 72.2 Å². The van der Waals surface area contributed by atoms with Gasteiger partial charge in [0.1, 0.15) is 5.75 Å². The van der Waals surface area contributed by atoms with Gasteiger partial charge in [-0.2, -0.15) is 0 Å². The molecule has 0 saturated heterocycles. The SMILES string of the molecule is CCCCCCCOc1ccc(C(=O)Oc2ccc(CC(NC(=O)c3ccc(NS(=O)(=O)c4ccccc4)cc3)C(C)=O)cc2OC)cc1. The van der Waals surface area contributed by atoms with Gasteiger partial charge in [-0.1, -0.05) is 56.9 Å². The number of amides is 1.